The first kappa shape index (κ1) is 61.6. The molecule has 0 aromatic heterocycles. The highest BCUT2D eigenvalue weighted by atomic mass is 31.2. The Kier molecular flexibility index (Phi) is 39.4. The van der Waals surface area contributed by atoms with Gasteiger partial charge in [0.05, 0.1) is 6.61 Å². The minimum Gasteiger partial charge on any atom is -0.462 e. The number of carbonyl (C=O) groups excluding carboxylic acids is 2. The van der Waals surface area contributed by atoms with Gasteiger partial charge in [0.1, 0.15) is 43.2 Å². The van der Waals surface area contributed by atoms with Crippen LogP contribution < -0.4 is 0 Å². The number of aliphatic hydroxyl groups is 5. The minimum absolute atomic E-state index is 0.0912. The Morgan fingerprint density at radius 1 is 0.462 bits per heavy atom. The van der Waals surface area contributed by atoms with Crippen molar-refractivity contribution in [3.63, 3.8) is 0 Å². The van der Waals surface area contributed by atoms with Crippen LogP contribution in [-0.2, 0) is 32.7 Å². The summed E-state index contributed by atoms with van der Waals surface area (Å²) < 4.78 is 33.6. The van der Waals surface area contributed by atoms with E-state index >= 15 is 0 Å². The summed E-state index contributed by atoms with van der Waals surface area (Å²) in [5, 5.41) is 50.3. The van der Waals surface area contributed by atoms with E-state index in [0.29, 0.717) is 12.8 Å². The summed E-state index contributed by atoms with van der Waals surface area (Å²) in [6.07, 6.45) is 32.6. The molecule has 0 aromatic rings. The molecule has 0 radical (unpaired) electrons. The second-order valence-electron chi connectivity index (χ2n) is 18.7. The molecule has 0 saturated heterocycles. The molecule has 0 bridgehead atoms. The SMILES string of the molecule is CCCCCCCC/C=C/CCCCCCCC(=O)O[C@@H](COC(=O)CCCCCCCCCCCCCCCCCCCCCCC)COP(=O)(O)OC1C(O)C(O)C(O)[C@H](O)C1O. The molecule has 0 aliphatic heterocycles. The van der Waals surface area contributed by atoms with Crippen molar-refractivity contribution in [2.24, 2.45) is 0 Å². The number of carbonyl (C=O) groups is 2. The number of hydrogen-bond acceptors (Lipinski definition) is 12. The lowest BCUT2D eigenvalue weighted by Gasteiger charge is -2.41. The highest BCUT2D eigenvalue weighted by Crippen LogP contribution is 2.47. The standard InChI is InChI=1S/C51H97O13P/c1-3-5-7-9-11-13-15-17-19-20-21-22-23-24-26-27-29-31-33-35-37-39-44(52)61-41-43(42-62-65(59,60)64-51-49(57)47(55)46(54)48(56)50(51)58)63-45(53)40-38-36-34-32-30-28-25-18-16-14-12-10-8-6-4-2/h18,25,43,46-51,54-58H,3-17,19-24,26-42H2,1-2H3,(H,59,60)/b25-18+/t43-,46?,47-,48?,49?,50?,51?/m0/s1. The van der Waals surface area contributed by atoms with E-state index in [1.165, 1.54) is 148 Å². The molecule has 13 nitrogen and oxygen atoms in total. The summed E-state index contributed by atoms with van der Waals surface area (Å²) in [5.74, 6) is -1.09. The van der Waals surface area contributed by atoms with E-state index < -0.39 is 75.7 Å². The number of esters is 2. The predicted molar refractivity (Wildman–Crippen MR) is 258 cm³/mol. The molecule has 14 heteroatoms. The first-order valence-electron chi connectivity index (χ1n) is 26.5. The van der Waals surface area contributed by atoms with Gasteiger partial charge in [0.2, 0.25) is 0 Å². The van der Waals surface area contributed by atoms with Gasteiger partial charge < -0.3 is 39.9 Å². The molecular weight excluding hydrogens is 852 g/mol. The Bertz CT molecular complexity index is 1190. The van der Waals surface area contributed by atoms with E-state index in [-0.39, 0.29) is 12.8 Å². The zero-order chi connectivity index (χ0) is 47.8. The molecular formula is C51H97O13P. The first-order chi connectivity index (χ1) is 31.4. The maximum atomic E-state index is 12.8. The van der Waals surface area contributed by atoms with Gasteiger partial charge in [-0.3, -0.25) is 18.6 Å². The number of phosphoric ester groups is 1. The number of ether oxygens (including phenoxy) is 2. The highest BCUT2D eigenvalue weighted by molar-refractivity contribution is 7.47. The Hall–Kier alpha value is -1.41. The van der Waals surface area contributed by atoms with Gasteiger partial charge in [-0.05, 0) is 38.5 Å². The molecule has 384 valence electrons. The summed E-state index contributed by atoms with van der Waals surface area (Å²) in [5.41, 5.74) is 0. The van der Waals surface area contributed by atoms with Gasteiger partial charge in [-0.15, -0.1) is 0 Å². The summed E-state index contributed by atoms with van der Waals surface area (Å²) in [4.78, 5) is 35.8. The maximum Gasteiger partial charge on any atom is 0.472 e. The zero-order valence-corrected chi connectivity index (χ0v) is 41.9. The summed E-state index contributed by atoms with van der Waals surface area (Å²) in [6, 6.07) is 0. The van der Waals surface area contributed by atoms with Crippen molar-refractivity contribution >= 4 is 19.8 Å². The summed E-state index contributed by atoms with van der Waals surface area (Å²) >= 11 is 0. The van der Waals surface area contributed by atoms with E-state index in [1.807, 2.05) is 0 Å². The fourth-order valence-electron chi connectivity index (χ4n) is 8.34. The molecule has 0 spiro atoms. The summed E-state index contributed by atoms with van der Waals surface area (Å²) in [7, 11) is -5.12. The van der Waals surface area contributed by atoms with Crippen LogP contribution in [0.15, 0.2) is 12.2 Å². The van der Waals surface area contributed by atoms with Gasteiger partial charge in [-0.25, -0.2) is 4.57 Å². The number of hydrogen-bond donors (Lipinski definition) is 6. The van der Waals surface area contributed by atoms with E-state index in [0.717, 1.165) is 57.8 Å². The van der Waals surface area contributed by atoms with Crippen LogP contribution in [0.25, 0.3) is 0 Å². The molecule has 1 fully saturated rings. The lowest BCUT2D eigenvalue weighted by Crippen LogP contribution is -2.64. The average molecular weight is 949 g/mol. The smallest absolute Gasteiger partial charge is 0.462 e. The van der Waals surface area contributed by atoms with Gasteiger partial charge >= 0.3 is 19.8 Å². The fraction of sp³-hybridized carbons (Fsp3) is 0.922. The number of allylic oxidation sites excluding steroid dienone is 2. The van der Waals surface area contributed by atoms with E-state index in [9.17, 15) is 44.6 Å². The third-order valence-electron chi connectivity index (χ3n) is 12.6. The van der Waals surface area contributed by atoms with Crippen LogP contribution in [0.5, 0.6) is 0 Å². The van der Waals surface area contributed by atoms with Gasteiger partial charge in [0.15, 0.2) is 6.10 Å². The Morgan fingerprint density at radius 2 is 0.785 bits per heavy atom. The van der Waals surface area contributed by atoms with E-state index in [4.69, 9.17) is 18.5 Å². The van der Waals surface area contributed by atoms with Gasteiger partial charge in [-0.2, -0.15) is 0 Å². The van der Waals surface area contributed by atoms with Gasteiger partial charge in [0.25, 0.3) is 0 Å². The van der Waals surface area contributed by atoms with Crippen LogP contribution in [0.4, 0.5) is 0 Å². The molecule has 6 unspecified atom stereocenters. The van der Waals surface area contributed by atoms with Crippen molar-refractivity contribution in [2.75, 3.05) is 13.2 Å². The topological polar surface area (TPSA) is 210 Å². The van der Waals surface area contributed by atoms with Crippen LogP contribution in [0.2, 0.25) is 0 Å². The molecule has 1 saturated carbocycles. The molecule has 1 aliphatic rings. The normalized spacial score (nSPS) is 21.4. The van der Waals surface area contributed by atoms with Crippen LogP contribution in [0, 0.1) is 0 Å². The van der Waals surface area contributed by atoms with Crippen molar-refractivity contribution in [3.05, 3.63) is 12.2 Å². The number of aliphatic hydroxyl groups excluding tert-OH is 5. The number of phosphoric acid groups is 1. The monoisotopic (exact) mass is 949 g/mol. The lowest BCUT2D eigenvalue weighted by molar-refractivity contribution is -0.220. The molecule has 65 heavy (non-hydrogen) atoms. The van der Waals surface area contributed by atoms with Crippen molar-refractivity contribution in [1.82, 2.24) is 0 Å². The predicted octanol–water partition coefficient (Wildman–Crippen LogP) is 11.4. The van der Waals surface area contributed by atoms with Crippen molar-refractivity contribution in [2.45, 2.75) is 288 Å². The van der Waals surface area contributed by atoms with Crippen molar-refractivity contribution in [1.29, 1.82) is 0 Å². The Balaban J connectivity index is 2.36. The summed E-state index contributed by atoms with van der Waals surface area (Å²) in [6.45, 7) is 3.33. The molecule has 0 amide bonds. The van der Waals surface area contributed by atoms with Gasteiger partial charge in [-0.1, -0.05) is 206 Å². The van der Waals surface area contributed by atoms with E-state index in [1.54, 1.807) is 0 Å². The lowest BCUT2D eigenvalue weighted by atomic mass is 9.85. The van der Waals surface area contributed by atoms with Crippen LogP contribution in [0.1, 0.15) is 245 Å². The highest BCUT2D eigenvalue weighted by Gasteiger charge is 2.51. The first-order valence-corrected chi connectivity index (χ1v) is 28.0. The van der Waals surface area contributed by atoms with E-state index in [2.05, 4.69) is 26.0 Å². The van der Waals surface area contributed by atoms with Crippen molar-refractivity contribution in [3.8, 4) is 0 Å². The maximum absolute atomic E-state index is 12.8. The fourth-order valence-corrected chi connectivity index (χ4v) is 9.32. The minimum atomic E-state index is -5.12. The Morgan fingerprint density at radius 3 is 1.17 bits per heavy atom. The quantitative estimate of drug-likeness (QED) is 0.0145. The third-order valence-corrected chi connectivity index (χ3v) is 13.6. The molecule has 1 aliphatic carbocycles. The molecule has 1 rings (SSSR count). The van der Waals surface area contributed by atoms with Crippen LogP contribution >= 0.6 is 7.82 Å². The van der Waals surface area contributed by atoms with Crippen molar-refractivity contribution < 1.29 is 63.1 Å². The Labute approximate surface area is 394 Å². The second-order valence-corrected chi connectivity index (χ2v) is 20.1. The third kappa shape index (κ3) is 33.7. The molecule has 8 atom stereocenters. The number of unbranched alkanes of at least 4 members (excludes halogenated alkanes) is 31. The van der Waals surface area contributed by atoms with Crippen LogP contribution in [0.3, 0.4) is 0 Å². The number of rotatable bonds is 45. The molecule has 0 heterocycles. The zero-order valence-electron chi connectivity index (χ0n) is 41.1. The average Bonchev–Trinajstić information content (AvgIpc) is 3.29. The molecule has 0 aromatic carbocycles. The largest absolute Gasteiger partial charge is 0.472 e. The van der Waals surface area contributed by atoms with Crippen LogP contribution in [-0.4, -0.2) is 98.3 Å². The second kappa shape index (κ2) is 41.6. The molecule has 6 N–H and O–H groups in total. The van der Waals surface area contributed by atoms with Gasteiger partial charge in [0, 0.05) is 12.8 Å².